The van der Waals surface area contributed by atoms with Crippen LogP contribution in [0.25, 0.3) is 27.8 Å². The highest BCUT2D eigenvalue weighted by molar-refractivity contribution is 5.92. The van der Waals surface area contributed by atoms with E-state index in [0.717, 1.165) is 65.8 Å². The second-order valence-electron chi connectivity index (χ2n) is 7.69. The van der Waals surface area contributed by atoms with Crippen molar-refractivity contribution in [3.05, 3.63) is 60.9 Å². The number of pyridine rings is 1. The highest BCUT2D eigenvalue weighted by atomic mass is 16.3. The lowest BCUT2D eigenvalue weighted by molar-refractivity contribution is 0.0126. The van der Waals surface area contributed by atoms with E-state index in [1.54, 1.807) is 0 Å². The third-order valence-electron chi connectivity index (χ3n) is 6.08. The maximum atomic E-state index is 10.6. The molecule has 0 amide bonds. The van der Waals surface area contributed by atoms with Gasteiger partial charge >= 0.3 is 0 Å². The van der Waals surface area contributed by atoms with Crippen molar-refractivity contribution in [3.63, 3.8) is 0 Å². The number of aliphatic hydroxyl groups is 1. The van der Waals surface area contributed by atoms with Gasteiger partial charge in [0.25, 0.3) is 0 Å². The molecule has 1 N–H and O–H groups in total. The summed E-state index contributed by atoms with van der Waals surface area (Å²) in [6.45, 7) is 3.77. The van der Waals surface area contributed by atoms with Crippen molar-refractivity contribution in [2.45, 2.75) is 31.8 Å². The standard InChI is InChI=1S/C23H24N4O/c1-2-23(28)12-14-26(15-13-23)20-9-5-6-17-10-11-21(25-22(17)20)27-16-24-18-7-3-4-8-19(18)27/h3-11,16,28H,2,12-15H2,1H3. The van der Waals surface area contributed by atoms with Gasteiger partial charge in [0, 0.05) is 18.5 Å². The molecule has 142 valence electrons. The summed E-state index contributed by atoms with van der Waals surface area (Å²) in [5.74, 6) is 0.871. The van der Waals surface area contributed by atoms with Crippen LogP contribution in [-0.2, 0) is 0 Å². The normalized spacial score (nSPS) is 16.7. The van der Waals surface area contributed by atoms with Crippen LogP contribution in [0.5, 0.6) is 0 Å². The van der Waals surface area contributed by atoms with Gasteiger partial charge in [-0.05, 0) is 49.6 Å². The number of para-hydroxylation sites is 3. The van der Waals surface area contributed by atoms with Crippen LogP contribution >= 0.6 is 0 Å². The molecule has 0 saturated carbocycles. The van der Waals surface area contributed by atoms with Crippen LogP contribution in [0.4, 0.5) is 5.69 Å². The maximum absolute atomic E-state index is 10.6. The Morgan fingerprint density at radius 2 is 1.82 bits per heavy atom. The second kappa shape index (κ2) is 6.60. The lowest BCUT2D eigenvalue weighted by Gasteiger charge is -2.39. The number of piperidine rings is 1. The monoisotopic (exact) mass is 372 g/mol. The van der Waals surface area contributed by atoms with Crippen LogP contribution in [0.2, 0.25) is 0 Å². The Bertz CT molecular complexity index is 1140. The van der Waals surface area contributed by atoms with Crippen molar-refractivity contribution < 1.29 is 5.11 Å². The molecule has 0 radical (unpaired) electrons. The summed E-state index contributed by atoms with van der Waals surface area (Å²) in [6.07, 6.45) is 4.24. The minimum Gasteiger partial charge on any atom is -0.390 e. The van der Waals surface area contributed by atoms with Gasteiger partial charge in [-0.3, -0.25) is 4.57 Å². The average Bonchev–Trinajstić information content (AvgIpc) is 3.18. The molecule has 2 aromatic carbocycles. The summed E-state index contributed by atoms with van der Waals surface area (Å²) >= 11 is 0. The fourth-order valence-corrected chi connectivity index (χ4v) is 4.17. The Morgan fingerprint density at radius 1 is 1.00 bits per heavy atom. The number of rotatable bonds is 3. The number of nitrogens with zero attached hydrogens (tertiary/aromatic N) is 4. The van der Waals surface area contributed by atoms with E-state index in [2.05, 4.69) is 47.1 Å². The molecule has 2 aromatic heterocycles. The molecule has 0 aliphatic carbocycles. The zero-order chi connectivity index (χ0) is 19.1. The maximum Gasteiger partial charge on any atom is 0.139 e. The fraction of sp³-hybridized carbons (Fsp3) is 0.304. The molecular weight excluding hydrogens is 348 g/mol. The summed E-state index contributed by atoms with van der Waals surface area (Å²) in [5, 5.41) is 11.7. The van der Waals surface area contributed by atoms with E-state index in [9.17, 15) is 5.11 Å². The quantitative estimate of drug-likeness (QED) is 0.582. The van der Waals surface area contributed by atoms with Gasteiger partial charge in [0.05, 0.1) is 27.8 Å². The van der Waals surface area contributed by atoms with Gasteiger partial charge in [0.15, 0.2) is 0 Å². The van der Waals surface area contributed by atoms with Gasteiger partial charge in [0.2, 0.25) is 0 Å². The topological polar surface area (TPSA) is 54.2 Å². The van der Waals surface area contributed by atoms with Crippen LogP contribution in [0, 0.1) is 0 Å². The predicted octanol–water partition coefficient (Wildman–Crippen LogP) is 4.32. The van der Waals surface area contributed by atoms with E-state index in [1.807, 2.05) is 35.2 Å². The first-order valence-corrected chi connectivity index (χ1v) is 9.96. The molecule has 0 bridgehead atoms. The highest BCUT2D eigenvalue weighted by Gasteiger charge is 2.31. The molecule has 4 aromatic rings. The third kappa shape index (κ3) is 2.83. The van der Waals surface area contributed by atoms with Gasteiger partial charge in [-0.25, -0.2) is 9.97 Å². The first-order valence-electron chi connectivity index (χ1n) is 9.96. The van der Waals surface area contributed by atoms with Crippen LogP contribution in [0.3, 0.4) is 0 Å². The lowest BCUT2D eigenvalue weighted by atomic mass is 9.89. The summed E-state index contributed by atoms with van der Waals surface area (Å²) in [5.41, 5.74) is 3.64. The number of fused-ring (bicyclic) bond motifs is 2. The largest absolute Gasteiger partial charge is 0.390 e. The van der Waals surface area contributed by atoms with E-state index >= 15 is 0 Å². The summed E-state index contributed by atoms with van der Waals surface area (Å²) < 4.78 is 2.04. The zero-order valence-corrected chi connectivity index (χ0v) is 16.0. The highest BCUT2D eigenvalue weighted by Crippen LogP contribution is 2.32. The van der Waals surface area contributed by atoms with Crippen molar-refractivity contribution in [1.29, 1.82) is 0 Å². The van der Waals surface area contributed by atoms with E-state index in [0.29, 0.717) is 0 Å². The van der Waals surface area contributed by atoms with Crippen molar-refractivity contribution in [1.82, 2.24) is 14.5 Å². The first-order chi connectivity index (χ1) is 13.7. The first kappa shape index (κ1) is 17.2. The third-order valence-corrected chi connectivity index (χ3v) is 6.08. The van der Waals surface area contributed by atoms with Gasteiger partial charge in [-0.2, -0.15) is 0 Å². The molecule has 3 heterocycles. The van der Waals surface area contributed by atoms with E-state index in [1.165, 1.54) is 0 Å². The zero-order valence-electron chi connectivity index (χ0n) is 16.0. The van der Waals surface area contributed by atoms with Gasteiger partial charge in [-0.1, -0.05) is 31.2 Å². The molecule has 5 rings (SSSR count). The van der Waals surface area contributed by atoms with Crippen LogP contribution in [-0.4, -0.2) is 38.3 Å². The molecule has 1 aliphatic heterocycles. The Balaban J connectivity index is 1.57. The minimum atomic E-state index is -0.518. The molecule has 5 nitrogen and oxygen atoms in total. The Kier molecular flexibility index (Phi) is 4.05. The SMILES string of the molecule is CCC1(O)CCN(c2cccc3ccc(-n4cnc5ccccc54)nc23)CC1. The molecule has 28 heavy (non-hydrogen) atoms. The number of benzene rings is 2. The van der Waals surface area contributed by atoms with Gasteiger partial charge in [-0.15, -0.1) is 0 Å². The lowest BCUT2D eigenvalue weighted by Crippen LogP contribution is -2.44. The number of hydrogen-bond donors (Lipinski definition) is 1. The van der Waals surface area contributed by atoms with E-state index in [-0.39, 0.29) is 0 Å². The summed E-state index contributed by atoms with van der Waals surface area (Å²) in [7, 11) is 0. The van der Waals surface area contributed by atoms with Crippen molar-refractivity contribution >= 4 is 27.6 Å². The van der Waals surface area contributed by atoms with E-state index in [4.69, 9.17) is 4.98 Å². The van der Waals surface area contributed by atoms with Crippen LogP contribution in [0.1, 0.15) is 26.2 Å². The fourth-order valence-electron chi connectivity index (χ4n) is 4.17. The molecule has 1 aliphatic rings. The summed E-state index contributed by atoms with van der Waals surface area (Å²) in [4.78, 5) is 11.9. The summed E-state index contributed by atoms with van der Waals surface area (Å²) in [6, 6.07) is 18.6. The van der Waals surface area contributed by atoms with Crippen molar-refractivity contribution in [2.75, 3.05) is 18.0 Å². The molecule has 1 saturated heterocycles. The van der Waals surface area contributed by atoms with Crippen LogP contribution < -0.4 is 4.90 Å². The van der Waals surface area contributed by atoms with Gasteiger partial charge in [0.1, 0.15) is 12.1 Å². The minimum absolute atomic E-state index is 0.518. The molecule has 5 heteroatoms. The van der Waals surface area contributed by atoms with Crippen LogP contribution in [0.15, 0.2) is 60.9 Å². The molecule has 0 atom stereocenters. The van der Waals surface area contributed by atoms with Crippen molar-refractivity contribution in [2.24, 2.45) is 0 Å². The molecule has 0 spiro atoms. The van der Waals surface area contributed by atoms with E-state index < -0.39 is 5.60 Å². The second-order valence-corrected chi connectivity index (χ2v) is 7.69. The van der Waals surface area contributed by atoms with Crippen molar-refractivity contribution in [3.8, 4) is 5.82 Å². The van der Waals surface area contributed by atoms with Gasteiger partial charge < -0.3 is 10.0 Å². The molecule has 0 unspecified atom stereocenters. The number of aromatic nitrogens is 3. The Labute approximate surface area is 164 Å². The molecule has 1 fully saturated rings. The number of anilines is 1. The smallest absolute Gasteiger partial charge is 0.139 e. The Morgan fingerprint density at radius 3 is 2.64 bits per heavy atom. The Hall–Kier alpha value is -2.92. The predicted molar refractivity (Wildman–Crippen MR) is 113 cm³/mol. The average molecular weight is 372 g/mol. The number of imidazole rings is 1. The molecular formula is C23H24N4O. The number of hydrogen-bond acceptors (Lipinski definition) is 4.